The number of benzene rings is 2. The number of hydrogen-bond donors (Lipinski definition) is 2. The maximum Gasteiger partial charge on any atom is 0.237 e. The highest BCUT2D eigenvalue weighted by Crippen LogP contribution is 2.25. The zero-order valence-corrected chi connectivity index (χ0v) is 15.5. The molecule has 134 valence electrons. The van der Waals surface area contributed by atoms with Crippen molar-refractivity contribution < 1.29 is 13.2 Å². The predicted octanol–water partition coefficient (Wildman–Crippen LogP) is 2.21. The standard InChI is InChI=1S/C19H24N2O3S/c1-4-14-8-10-15(11-9-14)18(21-19(22)13(2)20)16-6-5-7-17(12-16)25(3,23)24/h5-13,18H,4,20H2,1-3H3,(H,21,22)/t13-,18?/m0/s1. The molecule has 2 atom stereocenters. The molecule has 0 fully saturated rings. The largest absolute Gasteiger partial charge is 0.344 e. The van der Waals surface area contributed by atoms with Crippen LogP contribution in [0.25, 0.3) is 0 Å². The zero-order chi connectivity index (χ0) is 18.6. The Balaban J connectivity index is 2.48. The summed E-state index contributed by atoms with van der Waals surface area (Å²) in [6.07, 6.45) is 2.08. The van der Waals surface area contributed by atoms with E-state index >= 15 is 0 Å². The highest BCUT2D eigenvalue weighted by Gasteiger charge is 2.20. The normalized spacial score (nSPS) is 13.9. The topological polar surface area (TPSA) is 89.3 Å². The minimum absolute atomic E-state index is 0.218. The molecule has 3 N–H and O–H groups in total. The van der Waals surface area contributed by atoms with Gasteiger partial charge in [-0.15, -0.1) is 0 Å². The van der Waals surface area contributed by atoms with Crippen molar-refractivity contribution in [3.63, 3.8) is 0 Å². The summed E-state index contributed by atoms with van der Waals surface area (Å²) < 4.78 is 23.7. The summed E-state index contributed by atoms with van der Waals surface area (Å²) in [5.41, 5.74) is 8.43. The fourth-order valence-corrected chi connectivity index (χ4v) is 3.18. The van der Waals surface area contributed by atoms with Crippen LogP contribution in [-0.2, 0) is 21.1 Å². The van der Waals surface area contributed by atoms with Crippen LogP contribution in [0.5, 0.6) is 0 Å². The molecule has 0 aliphatic rings. The average molecular weight is 360 g/mol. The number of sulfone groups is 1. The second-order valence-electron chi connectivity index (χ2n) is 6.17. The van der Waals surface area contributed by atoms with Crippen LogP contribution >= 0.6 is 0 Å². The third-order valence-corrected chi connectivity index (χ3v) is 5.15. The van der Waals surface area contributed by atoms with Crippen LogP contribution < -0.4 is 11.1 Å². The van der Waals surface area contributed by atoms with Crippen molar-refractivity contribution in [2.75, 3.05) is 6.26 Å². The van der Waals surface area contributed by atoms with E-state index in [1.807, 2.05) is 24.3 Å². The number of hydrogen-bond acceptors (Lipinski definition) is 4. The number of carbonyl (C=O) groups is 1. The van der Waals surface area contributed by atoms with Gasteiger partial charge in [0.05, 0.1) is 17.0 Å². The SMILES string of the molecule is CCc1ccc(C(NC(=O)[C@H](C)N)c2cccc(S(C)(=O)=O)c2)cc1. The molecule has 1 amide bonds. The molecule has 6 heteroatoms. The van der Waals surface area contributed by atoms with Gasteiger partial charge in [0.2, 0.25) is 5.91 Å². The van der Waals surface area contributed by atoms with Gasteiger partial charge in [-0.2, -0.15) is 0 Å². The zero-order valence-electron chi connectivity index (χ0n) is 14.7. The van der Waals surface area contributed by atoms with Gasteiger partial charge < -0.3 is 11.1 Å². The van der Waals surface area contributed by atoms with E-state index < -0.39 is 21.9 Å². The number of carbonyl (C=O) groups excluding carboxylic acids is 1. The molecule has 2 aromatic carbocycles. The van der Waals surface area contributed by atoms with E-state index in [-0.39, 0.29) is 10.8 Å². The van der Waals surface area contributed by atoms with Gasteiger partial charge in [0, 0.05) is 6.26 Å². The highest BCUT2D eigenvalue weighted by molar-refractivity contribution is 7.90. The minimum Gasteiger partial charge on any atom is -0.344 e. The second kappa shape index (κ2) is 7.80. The van der Waals surface area contributed by atoms with E-state index in [1.165, 1.54) is 5.56 Å². The minimum atomic E-state index is -3.33. The Kier molecular flexibility index (Phi) is 5.98. The van der Waals surface area contributed by atoms with Crippen molar-refractivity contribution >= 4 is 15.7 Å². The summed E-state index contributed by atoms with van der Waals surface area (Å²) in [5.74, 6) is -0.297. The lowest BCUT2D eigenvalue weighted by Gasteiger charge is -2.22. The van der Waals surface area contributed by atoms with Crippen LogP contribution in [0.15, 0.2) is 53.4 Å². The van der Waals surface area contributed by atoms with Gasteiger partial charge in [0.15, 0.2) is 9.84 Å². The Morgan fingerprint density at radius 2 is 1.76 bits per heavy atom. The van der Waals surface area contributed by atoms with Crippen molar-refractivity contribution in [1.29, 1.82) is 0 Å². The summed E-state index contributed by atoms with van der Waals surface area (Å²) in [6.45, 7) is 3.68. The fraction of sp³-hybridized carbons (Fsp3) is 0.316. The fourth-order valence-electron chi connectivity index (χ4n) is 2.50. The second-order valence-corrected chi connectivity index (χ2v) is 8.19. The van der Waals surface area contributed by atoms with Crippen LogP contribution in [0.3, 0.4) is 0 Å². The van der Waals surface area contributed by atoms with Gasteiger partial charge in [0.25, 0.3) is 0 Å². The first kappa shape index (κ1) is 19.1. The van der Waals surface area contributed by atoms with Crippen molar-refractivity contribution in [2.24, 2.45) is 5.73 Å². The molecule has 1 unspecified atom stereocenters. The monoisotopic (exact) mass is 360 g/mol. The summed E-state index contributed by atoms with van der Waals surface area (Å²) in [5, 5.41) is 2.91. The molecular weight excluding hydrogens is 336 g/mol. The van der Waals surface area contributed by atoms with E-state index in [2.05, 4.69) is 12.2 Å². The van der Waals surface area contributed by atoms with Gasteiger partial charge in [0.1, 0.15) is 0 Å². The Bertz CT molecular complexity index is 843. The molecule has 0 spiro atoms. The van der Waals surface area contributed by atoms with E-state index in [4.69, 9.17) is 5.73 Å². The Morgan fingerprint density at radius 1 is 1.12 bits per heavy atom. The van der Waals surface area contributed by atoms with Crippen LogP contribution in [0.2, 0.25) is 0 Å². The highest BCUT2D eigenvalue weighted by atomic mass is 32.2. The Morgan fingerprint density at radius 3 is 2.28 bits per heavy atom. The van der Waals surface area contributed by atoms with Gasteiger partial charge in [-0.25, -0.2) is 8.42 Å². The first-order chi connectivity index (χ1) is 11.7. The smallest absolute Gasteiger partial charge is 0.237 e. The first-order valence-electron chi connectivity index (χ1n) is 8.17. The molecule has 0 heterocycles. The predicted molar refractivity (Wildman–Crippen MR) is 99.0 cm³/mol. The molecule has 2 rings (SSSR count). The maximum atomic E-state index is 12.2. The molecule has 2 aromatic rings. The van der Waals surface area contributed by atoms with Crippen molar-refractivity contribution in [3.05, 3.63) is 65.2 Å². The number of nitrogens with two attached hydrogens (primary N) is 1. The summed E-state index contributed by atoms with van der Waals surface area (Å²) in [6, 6.07) is 13.4. The molecule has 0 aliphatic heterocycles. The van der Waals surface area contributed by atoms with Gasteiger partial charge in [-0.1, -0.05) is 43.3 Å². The number of amides is 1. The van der Waals surface area contributed by atoms with Gasteiger partial charge >= 0.3 is 0 Å². The van der Waals surface area contributed by atoms with E-state index in [1.54, 1.807) is 31.2 Å². The molecule has 0 saturated heterocycles. The summed E-state index contributed by atoms with van der Waals surface area (Å²) in [4.78, 5) is 12.4. The Hall–Kier alpha value is -2.18. The molecule has 5 nitrogen and oxygen atoms in total. The van der Waals surface area contributed by atoms with Gasteiger partial charge in [-0.05, 0) is 42.2 Å². The van der Waals surface area contributed by atoms with Gasteiger partial charge in [-0.3, -0.25) is 4.79 Å². The number of aryl methyl sites for hydroxylation is 1. The van der Waals surface area contributed by atoms with Crippen molar-refractivity contribution in [1.82, 2.24) is 5.32 Å². The molecule has 0 radical (unpaired) electrons. The molecule has 0 bridgehead atoms. The molecule has 0 saturated carbocycles. The maximum absolute atomic E-state index is 12.2. The molecule has 25 heavy (non-hydrogen) atoms. The van der Waals surface area contributed by atoms with Crippen LogP contribution in [0, 0.1) is 0 Å². The number of nitrogens with one attached hydrogen (secondary N) is 1. The molecule has 0 aromatic heterocycles. The molecule has 0 aliphatic carbocycles. The van der Waals surface area contributed by atoms with Crippen LogP contribution in [-0.4, -0.2) is 26.6 Å². The summed E-state index contributed by atoms with van der Waals surface area (Å²) in [7, 11) is -3.33. The van der Waals surface area contributed by atoms with Crippen LogP contribution in [0.1, 0.15) is 36.6 Å². The average Bonchev–Trinajstić information content (AvgIpc) is 2.59. The lowest BCUT2D eigenvalue weighted by molar-refractivity contribution is -0.122. The van der Waals surface area contributed by atoms with Crippen LogP contribution in [0.4, 0.5) is 0 Å². The lowest BCUT2D eigenvalue weighted by atomic mass is 9.97. The molecular formula is C19H24N2O3S. The van der Waals surface area contributed by atoms with E-state index in [0.717, 1.165) is 18.2 Å². The quantitative estimate of drug-likeness (QED) is 0.826. The third kappa shape index (κ3) is 4.90. The lowest BCUT2D eigenvalue weighted by Crippen LogP contribution is -2.40. The van der Waals surface area contributed by atoms with E-state index in [0.29, 0.717) is 5.56 Å². The van der Waals surface area contributed by atoms with Crippen molar-refractivity contribution in [3.8, 4) is 0 Å². The summed E-state index contributed by atoms with van der Waals surface area (Å²) >= 11 is 0. The first-order valence-corrected chi connectivity index (χ1v) is 10.1. The van der Waals surface area contributed by atoms with E-state index in [9.17, 15) is 13.2 Å². The Labute approximate surface area is 149 Å². The number of rotatable bonds is 6. The third-order valence-electron chi connectivity index (χ3n) is 4.04. The van der Waals surface area contributed by atoms with Crippen molar-refractivity contribution in [2.45, 2.75) is 37.2 Å².